The highest BCUT2D eigenvalue weighted by Gasteiger charge is 2.02. The lowest BCUT2D eigenvalue weighted by molar-refractivity contribution is -0.595. The average molecular weight is 174 g/mol. The van der Waals surface area contributed by atoms with Crippen LogP contribution in [0, 0.1) is 7.05 Å². The maximum atomic E-state index is 10.9. The van der Waals surface area contributed by atoms with Crippen molar-refractivity contribution in [1.29, 1.82) is 0 Å². The molecule has 0 aliphatic heterocycles. The highest BCUT2D eigenvalue weighted by Crippen LogP contribution is 1.87. The van der Waals surface area contributed by atoms with Gasteiger partial charge in [-0.05, 0) is 13.8 Å². The molecule has 3 N–H and O–H groups in total. The fourth-order valence-corrected chi connectivity index (χ4v) is 0.693. The van der Waals surface area contributed by atoms with Gasteiger partial charge in [0.25, 0.3) is 0 Å². The molecule has 0 aliphatic carbocycles. The Bertz CT molecular complexity index is 126. The van der Waals surface area contributed by atoms with Crippen LogP contribution in [0.4, 0.5) is 4.79 Å². The summed E-state index contributed by atoms with van der Waals surface area (Å²) in [6.45, 7) is 5.21. The van der Waals surface area contributed by atoms with Gasteiger partial charge in [-0.3, -0.25) is 0 Å². The zero-order valence-electron chi connectivity index (χ0n) is 7.80. The summed E-state index contributed by atoms with van der Waals surface area (Å²) in [6, 6.07) is 0. The van der Waals surface area contributed by atoms with Gasteiger partial charge < -0.3 is 15.4 Å². The minimum Gasteiger partial charge on any atom is -0.479 e. The molecule has 4 heteroatoms. The summed E-state index contributed by atoms with van der Waals surface area (Å²) in [4.78, 5) is 10.9. The maximum Gasteiger partial charge on any atom is 0.407 e. The fourth-order valence-electron chi connectivity index (χ4n) is 0.693. The van der Waals surface area contributed by atoms with Gasteiger partial charge in [-0.15, -0.1) is 0 Å². The molecule has 0 saturated carbocycles. The number of ether oxygens (including phenoxy) is 1. The van der Waals surface area contributed by atoms with Gasteiger partial charge in [-0.2, -0.15) is 7.05 Å². The Balaban J connectivity index is 3.20. The van der Waals surface area contributed by atoms with Crippen LogP contribution in [0.2, 0.25) is 0 Å². The molecule has 0 fully saturated rings. The molecule has 0 heterocycles. The van der Waals surface area contributed by atoms with Gasteiger partial charge in [0.05, 0.1) is 12.6 Å². The van der Waals surface area contributed by atoms with Crippen LogP contribution in [0.5, 0.6) is 0 Å². The second-order valence-corrected chi connectivity index (χ2v) is 2.81. The number of hydrogen-bond acceptors (Lipinski definition) is 2. The monoisotopic (exact) mass is 174 g/mol. The Labute approximate surface area is 73.7 Å². The molecule has 0 spiro atoms. The molecular formula is C8H18N2O2. The molecule has 0 atom stereocenters. The van der Waals surface area contributed by atoms with E-state index in [4.69, 9.17) is 4.74 Å². The molecule has 0 bridgehead atoms. The fraction of sp³-hybridized carbons (Fsp3) is 0.750. The quantitative estimate of drug-likeness (QED) is 0.450. The van der Waals surface area contributed by atoms with Crippen LogP contribution in [-0.4, -0.2) is 25.3 Å². The van der Waals surface area contributed by atoms with E-state index >= 15 is 0 Å². The lowest BCUT2D eigenvalue weighted by Gasteiger charge is -2.08. The summed E-state index contributed by atoms with van der Waals surface area (Å²) in [5.74, 6) is 0. The Morgan fingerprint density at radius 2 is 2.33 bits per heavy atom. The number of alkyl carbamates (subject to hydrolysis) is 1. The Morgan fingerprint density at radius 3 is 2.83 bits per heavy atom. The summed E-state index contributed by atoms with van der Waals surface area (Å²) in [7, 11) is 3.58. The topological polar surface area (TPSA) is 54.9 Å². The van der Waals surface area contributed by atoms with Crippen molar-refractivity contribution in [3.8, 4) is 0 Å². The van der Waals surface area contributed by atoms with Crippen LogP contribution >= 0.6 is 0 Å². The van der Waals surface area contributed by atoms with E-state index in [2.05, 4.69) is 12.4 Å². The molecule has 0 radical (unpaired) electrons. The average Bonchev–Trinajstić information content (AvgIpc) is 1.97. The van der Waals surface area contributed by atoms with Crippen molar-refractivity contribution in [2.24, 2.45) is 0 Å². The van der Waals surface area contributed by atoms with Crippen molar-refractivity contribution in [2.45, 2.75) is 26.4 Å². The van der Waals surface area contributed by atoms with Gasteiger partial charge in [0.2, 0.25) is 0 Å². The van der Waals surface area contributed by atoms with Gasteiger partial charge in [0.1, 0.15) is 0 Å². The molecule has 0 aromatic carbocycles. The molecule has 4 nitrogen and oxygen atoms in total. The largest absolute Gasteiger partial charge is 0.479 e. The van der Waals surface area contributed by atoms with Gasteiger partial charge in [-0.1, -0.05) is 0 Å². The van der Waals surface area contributed by atoms with E-state index in [1.54, 1.807) is 0 Å². The lowest BCUT2D eigenvalue weighted by Crippen LogP contribution is -2.77. The Morgan fingerprint density at radius 1 is 1.67 bits per heavy atom. The van der Waals surface area contributed by atoms with E-state index in [1.807, 2.05) is 19.2 Å². The third kappa shape index (κ3) is 7.34. The van der Waals surface area contributed by atoms with Crippen molar-refractivity contribution in [3.05, 3.63) is 7.05 Å². The van der Waals surface area contributed by atoms with Crippen LogP contribution in [-0.2, 0) is 4.74 Å². The second-order valence-electron chi connectivity index (χ2n) is 2.81. The number of rotatable bonds is 5. The van der Waals surface area contributed by atoms with Crippen LogP contribution in [0.25, 0.3) is 0 Å². The van der Waals surface area contributed by atoms with E-state index in [1.165, 1.54) is 0 Å². The molecule has 12 heavy (non-hydrogen) atoms. The number of nitrogens with one attached hydrogen (secondary N) is 1. The summed E-state index contributed by atoms with van der Waals surface area (Å²) in [6.07, 6.45) is 0.523. The SMILES string of the molecule is [CH2-][NH2+]CCCNC(=O)OC(C)C. The number of nitrogens with two attached hydrogens (primary N) is 1. The molecule has 0 aromatic heterocycles. The van der Waals surface area contributed by atoms with E-state index < -0.39 is 0 Å². The van der Waals surface area contributed by atoms with Gasteiger partial charge in [0.15, 0.2) is 0 Å². The number of carbonyl (C=O) groups is 1. The van der Waals surface area contributed by atoms with Crippen LogP contribution in [0.15, 0.2) is 0 Å². The molecule has 72 valence electrons. The third-order valence-electron chi connectivity index (χ3n) is 1.20. The van der Waals surface area contributed by atoms with Crippen molar-refractivity contribution in [1.82, 2.24) is 5.32 Å². The van der Waals surface area contributed by atoms with E-state index in [0.717, 1.165) is 13.0 Å². The van der Waals surface area contributed by atoms with E-state index in [0.29, 0.717) is 6.54 Å². The number of amides is 1. The predicted octanol–water partition coefficient (Wildman–Crippen LogP) is -0.134. The number of hydrogen-bond donors (Lipinski definition) is 2. The van der Waals surface area contributed by atoms with Crippen LogP contribution < -0.4 is 10.6 Å². The number of carbonyl (C=O) groups excluding carboxylic acids is 1. The molecule has 0 unspecified atom stereocenters. The number of quaternary nitrogens is 1. The summed E-state index contributed by atoms with van der Waals surface area (Å²) < 4.78 is 4.85. The van der Waals surface area contributed by atoms with Crippen molar-refractivity contribution in [3.63, 3.8) is 0 Å². The smallest absolute Gasteiger partial charge is 0.407 e. The van der Waals surface area contributed by atoms with Gasteiger partial charge >= 0.3 is 6.09 Å². The van der Waals surface area contributed by atoms with E-state index in [-0.39, 0.29) is 12.2 Å². The second kappa shape index (κ2) is 6.91. The van der Waals surface area contributed by atoms with Crippen LogP contribution in [0.1, 0.15) is 20.3 Å². The van der Waals surface area contributed by atoms with Crippen molar-refractivity contribution >= 4 is 6.09 Å². The highest BCUT2D eigenvalue weighted by molar-refractivity contribution is 5.67. The molecule has 0 aliphatic rings. The molecular weight excluding hydrogens is 156 g/mol. The first-order valence-corrected chi connectivity index (χ1v) is 4.22. The minimum absolute atomic E-state index is 0.0515. The van der Waals surface area contributed by atoms with Crippen molar-refractivity contribution < 1.29 is 14.8 Å². The van der Waals surface area contributed by atoms with Gasteiger partial charge in [-0.25, -0.2) is 4.79 Å². The maximum absolute atomic E-state index is 10.9. The highest BCUT2D eigenvalue weighted by atomic mass is 16.6. The predicted molar refractivity (Wildman–Crippen MR) is 46.4 cm³/mol. The van der Waals surface area contributed by atoms with Crippen molar-refractivity contribution in [2.75, 3.05) is 13.1 Å². The third-order valence-corrected chi connectivity index (χ3v) is 1.20. The Hall–Kier alpha value is -0.770. The lowest BCUT2D eigenvalue weighted by atomic mass is 10.4. The molecule has 0 aromatic rings. The molecule has 0 saturated heterocycles. The summed E-state index contributed by atoms with van der Waals surface area (Å²) in [5, 5.41) is 4.47. The zero-order valence-corrected chi connectivity index (χ0v) is 7.80. The zero-order chi connectivity index (χ0) is 9.40. The standard InChI is InChI=1S/C8H18N2O2/c1-7(2)12-8(11)10-6-4-5-9-3/h7H,3-6,9H2,1-2H3,(H,10,11). The normalized spacial score (nSPS) is 10.0. The first kappa shape index (κ1) is 11.2. The van der Waals surface area contributed by atoms with E-state index in [9.17, 15) is 4.79 Å². The minimum atomic E-state index is -0.339. The van der Waals surface area contributed by atoms with Gasteiger partial charge in [0, 0.05) is 13.0 Å². The molecule has 0 rings (SSSR count). The van der Waals surface area contributed by atoms with Crippen LogP contribution in [0.3, 0.4) is 0 Å². The Kier molecular flexibility index (Phi) is 6.47. The summed E-state index contributed by atoms with van der Waals surface area (Å²) in [5.41, 5.74) is 0. The summed E-state index contributed by atoms with van der Waals surface area (Å²) >= 11 is 0. The first-order valence-electron chi connectivity index (χ1n) is 4.22. The first-order chi connectivity index (χ1) is 5.66. The molecule has 1 amide bonds.